The molecular formula is C12H20N2O2. The van der Waals surface area contributed by atoms with Gasteiger partial charge in [-0.25, -0.2) is 0 Å². The summed E-state index contributed by atoms with van der Waals surface area (Å²) in [7, 11) is 1.80. The number of rotatable bonds is 4. The highest BCUT2D eigenvalue weighted by molar-refractivity contribution is 5.81. The molecule has 0 radical (unpaired) electrons. The summed E-state index contributed by atoms with van der Waals surface area (Å²) in [6.45, 7) is 3.42. The summed E-state index contributed by atoms with van der Waals surface area (Å²) in [5.41, 5.74) is 0. The van der Waals surface area contributed by atoms with Gasteiger partial charge in [0.05, 0.1) is 6.07 Å². The molecule has 0 bridgehead atoms. The second kappa shape index (κ2) is 6.49. The van der Waals surface area contributed by atoms with Crippen molar-refractivity contribution in [2.45, 2.75) is 38.6 Å². The molecule has 0 aromatic rings. The van der Waals surface area contributed by atoms with Crippen LogP contribution in [0.15, 0.2) is 0 Å². The number of ether oxygens (including phenoxy) is 1. The monoisotopic (exact) mass is 224 g/mol. The van der Waals surface area contributed by atoms with Crippen molar-refractivity contribution in [3.8, 4) is 6.07 Å². The van der Waals surface area contributed by atoms with E-state index in [2.05, 4.69) is 6.07 Å². The number of carbonyl (C=O) groups is 1. The van der Waals surface area contributed by atoms with E-state index >= 15 is 0 Å². The lowest BCUT2D eigenvalue weighted by Crippen LogP contribution is -2.43. The third kappa shape index (κ3) is 3.21. The van der Waals surface area contributed by atoms with Crippen LogP contribution in [0.25, 0.3) is 0 Å². The molecule has 90 valence electrons. The lowest BCUT2D eigenvalue weighted by atomic mass is 10.0. The van der Waals surface area contributed by atoms with Crippen LogP contribution in [-0.4, -0.2) is 37.1 Å². The third-order valence-electron chi connectivity index (χ3n) is 3.12. The Morgan fingerprint density at radius 1 is 1.56 bits per heavy atom. The molecule has 1 amide bonds. The molecule has 1 aliphatic rings. The Labute approximate surface area is 97.2 Å². The largest absolute Gasteiger partial charge is 0.381 e. The Kier molecular flexibility index (Phi) is 5.27. The molecule has 1 heterocycles. The highest BCUT2D eigenvalue weighted by Crippen LogP contribution is 2.17. The van der Waals surface area contributed by atoms with E-state index in [1.54, 1.807) is 11.9 Å². The normalized spacial score (nSPS) is 18.8. The molecule has 16 heavy (non-hydrogen) atoms. The summed E-state index contributed by atoms with van der Waals surface area (Å²) in [5, 5.41) is 8.95. The first-order chi connectivity index (χ1) is 7.70. The first kappa shape index (κ1) is 13.0. The van der Waals surface area contributed by atoms with Crippen LogP contribution in [0.2, 0.25) is 0 Å². The molecule has 1 atom stereocenters. The van der Waals surface area contributed by atoms with Gasteiger partial charge < -0.3 is 9.64 Å². The lowest BCUT2D eigenvalue weighted by molar-refractivity contribution is -0.136. The maximum atomic E-state index is 12.0. The van der Waals surface area contributed by atoms with Crippen LogP contribution >= 0.6 is 0 Å². The van der Waals surface area contributed by atoms with Crippen LogP contribution in [0.4, 0.5) is 0 Å². The van der Waals surface area contributed by atoms with Crippen molar-refractivity contribution in [3.05, 3.63) is 0 Å². The molecule has 1 saturated heterocycles. The maximum absolute atomic E-state index is 12.0. The lowest BCUT2D eigenvalue weighted by Gasteiger charge is -2.32. The summed E-state index contributed by atoms with van der Waals surface area (Å²) >= 11 is 0. The topological polar surface area (TPSA) is 53.3 Å². The first-order valence-corrected chi connectivity index (χ1v) is 5.94. The minimum Gasteiger partial charge on any atom is -0.381 e. The molecule has 1 aliphatic heterocycles. The van der Waals surface area contributed by atoms with E-state index < -0.39 is 5.92 Å². The predicted octanol–water partition coefficient (Wildman–Crippen LogP) is 1.56. The summed E-state index contributed by atoms with van der Waals surface area (Å²) in [6.07, 6.45) is 3.29. The third-order valence-corrected chi connectivity index (χ3v) is 3.12. The minimum absolute atomic E-state index is 0.0312. The van der Waals surface area contributed by atoms with Gasteiger partial charge in [0.2, 0.25) is 5.91 Å². The Bertz CT molecular complexity index is 267. The van der Waals surface area contributed by atoms with E-state index in [0.717, 1.165) is 19.3 Å². The molecule has 4 heteroatoms. The van der Waals surface area contributed by atoms with E-state index in [4.69, 9.17) is 10.00 Å². The Hall–Kier alpha value is -1.08. The van der Waals surface area contributed by atoms with Crippen LogP contribution in [-0.2, 0) is 9.53 Å². The van der Waals surface area contributed by atoms with Gasteiger partial charge in [0, 0.05) is 26.3 Å². The second-order valence-electron chi connectivity index (χ2n) is 4.26. The van der Waals surface area contributed by atoms with Crippen molar-refractivity contribution < 1.29 is 9.53 Å². The number of carbonyl (C=O) groups excluding carboxylic acids is 1. The van der Waals surface area contributed by atoms with E-state index in [1.807, 2.05) is 6.92 Å². The van der Waals surface area contributed by atoms with Gasteiger partial charge in [0.25, 0.3) is 0 Å². The Balaban J connectivity index is 2.54. The van der Waals surface area contributed by atoms with E-state index in [0.29, 0.717) is 19.6 Å². The average molecular weight is 224 g/mol. The molecule has 1 unspecified atom stereocenters. The van der Waals surface area contributed by atoms with Gasteiger partial charge in [-0.05, 0) is 19.3 Å². The van der Waals surface area contributed by atoms with Crippen molar-refractivity contribution in [1.82, 2.24) is 4.90 Å². The number of hydrogen-bond donors (Lipinski definition) is 0. The highest BCUT2D eigenvalue weighted by Gasteiger charge is 2.27. The van der Waals surface area contributed by atoms with E-state index in [1.165, 1.54) is 0 Å². The standard InChI is InChI=1S/C12H20N2O2/c1-3-4-10(9-13)12(15)14(2)11-5-7-16-8-6-11/h10-11H,3-8H2,1-2H3. The highest BCUT2D eigenvalue weighted by atomic mass is 16.5. The molecule has 0 aromatic carbocycles. The molecular weight excluding hydrogens is 204 g/mol. The fraction of sp³-hybridized carbons (Fsp3) is 0.833. The van der Waals surface area contributed by atoms with E-state index in [9.17, 15) is 4.79 Å². The maximum Gasteiger partial charge on any atom is 0.239 e. The second-order valence-corrected chi connectivity index (χ2v) is 4.26. The van der Waals surface area contributed by atoms with Gasteiger partial charge in [0.15, 0.2) is 0 Å². The molecule has 0 aromatic heterocycles. The molecule has 0 saturated carbocycles. The summed E-state index contributed by atoms with van der Waals surface area (Å²) in [5.74, 6) is -0.505. The molecule has 1 fully saturated rings. The fourth-order valence-electron chi connectivity index (χ4n) is 2.03. The summed E-state index contributed by atoms with van der Waals surface area (Å²) in [6, 6.07) is 2.34. The zero-order chi connectivity index (χ0) is 12.0. The number of nitriles is 1. The summed E-state index contributed by atoms with van der Waals surface area (Å²) in [4.78, 5) is 13.8. The van der Waals surface area contributed by atoms with Gasteiger partial charge in [-0.3, -0.25) is 4.79 Å². The smallest absolute Gasteiger partial charge is 0.239 e. The zero-order valence-electron chi connectivity index (χ0n) is 10.1. The fourth-order valence-corrected chi connectivity index (χ4v) is 2.03. The van der Waals surface area contributed by atoms with Crippen LogP contribution in [0.1, 0.15) is 32.6 Å². The van der Waals surface area contributed by atoms with Gasteiger partial charge >= 0.3 is 0 Å². The van der Waals surface area contributed by atoms with Crippen LogP contribution in [0.3, 0.4) is 0 Å². The molecule has 1 rings (SSSR count). The minimum atomic E-state index is -0.474. The van der Waals surface area contributed by atoms with Gasteiger partial charge in [-0.15, -0.1) is 0 Å². The molecule has 4 nitrogen and oxygen atoms in total. The Morgan fingerprint density at radius 3 is 2.69 bits per heavy atom. The number of hydrogen-bond acceptors (Lipinski definition) is 3. The predicted molar refractivity (Wildman–Crippen MR) is 60.6 cm³/mol. The molecule has 0 N–H and O–H groups in total. The van der Waals surface area contributed by atoms with Crippen LogP contribution in [0, 0.1) is 17.2 Å². The van der Waals surface area contributed by atoms with Crippen molar-refractivity contribution >= 4 is 5.91 Å². The molecule has 0 spiro atoms. The Morgan fingerprint density at radius 2 is 2.19 bits per heavy atom. The van der Waals surface area contributed by atoms with Crippen molar-refractivity contribution in [3.63, 3.8) is 0 Å². The van der Waals surface area contributed by atoms with Gasteiger partial charge in [-0.2, -0.15) is 5.26 Å². The SMILES string of the molecule is CCCC(C#N)C(=O)N(C)C1CCOCC1. The van der Waals surface area contributed by atoms with Crippen molar-refractivity contribution in [1.29, 1.82) is 5.26 Å². The van der Waals surface area contributed by atoms with Crippen molar-refractivity contribution in [2.75, 3.05) is 20.3 Å². The van der Waals surface area contributed by atoms with E-state index in [-0.39, 0.29) is 11.9 Å². The first-order valence-electron chi connectivity index (χ1n) is 5.94. The zero-order valence-corrected chi connectivity index (χ0v) is 10.1. The van der Waals surface area contributed by atoms with Crippen molar-refractivity contribution in [2.24, 2.45) is 5.92 Å². The van der Waals surface area contributed by atoms with Gasteiger partial charge in [-0.1, -0.05) is 13.3 Å². The number of amides is 1. The number of nitrogens with zero attached hydrogens (tertiary/aromatic N) is 2. The van der Waals surface area contributed by atoms with Crippen LogP contribution < -0.4 is 0 Å². The van der Waals surface area contributed by atoms with Gasteiger partial charge in [0.1, 0.15) is 5.92 Å². The summed E-state index contributed by atoms with van der Waals surface area (Å²) < 4.78 is 5.26. The average Bonchev–Trinajstić information content (AvgIpc) is 2.35. The molecule has 0 aliphatic carbocycles. The quantitative estimate of drug-likeness (QED) is 0.728. The van der Waals surface area contributed by atoms with Crippen LogP contribution in [0.5, 0.6) is 0 Å².